The van der Waals surface area contributed by atoms with E-state index in [1.807, 2.05) is 0 Å². The average molecular weight is 217 g/mol. The monoisotopic (exact) mass is 217 g/mol. The van der Waals surface area contributed by atoms with Gasteiger partial charge < -0.3 is 10.1 Å². The van der Waals surface area contributed by atoms with Gasteiger partial charge in [-0.2, -0.15) is 0 Å². The first-order valence-electron chi connectivity index (χ1n) is 6.31. The van der Waals surface area contributed by atoms with Crippen molar-refractivity contribution in [3.05, 3.63) is 23.8 Å². The summed E-state index contributed by atoms with van der Waals surface area (Å²) in [6, 6.07) is 6.48. The first kappa shape index (κ1) is 10.0. The third-order valence-corrected chi connectivity index (χ3v) is 3.82. The molecule has 0 spiro atoms. The van der Waals surface area contributed by atoms with Crippen LogP contribution in [0.2, 0.25) is 0 Å². The Bertz CT molecular complexity index is 394. The van der Waals surface area contributed by atoms with Gasteiger partial charge in [0.1, 0.15) is 11.4 Å². The molecule has 86 valence electrons. The van der Waals surface area contributed by atoms with Gasteiger partial charge in [0.25, 0.3) is 0 Å². The summed E-state index contributed by atoms with van der Waals surface area (Å²) in [5.41, 5.74) is 2.76. The fourth-order valence-corrected chi connectivity index (χ4v) is 2.84. The van der Waals surface area contributed by atoms with Gasteiger partial charge in [0.05, 0.1) is 0 Å². The van der Waals surface area contributed by atoms with Gasteiger partial charge in [-0.15, -0.1) is 0 Å². The summed E-state index contributed by atoms with van der Waals surface area (Å²) in [6.45, 7) is 3.30. The second-order valence-electron chi connectivity index (χ2n) is 5.25. The van der Waals surface area contributed by atoms with Gasteiger partial charge in [0.15, 0.2) is 0 Å². The Labute approximate surface area is 97.0 Å². The minimum atomic E-state index is 0.0762. The zero-order chi connectivity index (χ0) is 11.0. The highest BCUT2D eigenvalue weighted by atomic mass is 16.5. The van der Waals surface area contributed by atoms with Gasteiger partial charge in [-0.3, -0.25) is 0 Å². The Hall–Kier alpha value is -1.18. The summed E-state index contributed by atoms with van der Waals surface area (Å²) in [4.78, 5) is 0. The third kappa shape index (κ3) is 1.77. The van der Waals surface area contributed by atoms with Crippen LogP contribution in [-0.2, 0) is 6.42 Å². The quantitative estimate of drug-likeness (QED) is 0.820. The summed E-state index contributed by atoms with van der Waals surface area (Å²) in [5, 5.41) is 3.40. The molecule has 2 aliphatic rings. The zero-order valence-electron chi connectivity index (χ0n) is 9.88. The van der Waals surface area contributed by atoms with Gasteiger partial charge in [-0.25, -0.2) is 0 Å². The molecule has 0 amide bonds. The average Bonchev–Trinajstić information content (AvgIpc) is 2.86. The molecule has 3 rings (SSSR count). The van der Waals surface area contributed by atoms with Crippen LogP contribution in [0.3, 0.4) is 0 Å². The van der Waals surface area contributed by atoms with Crippen molar-refractivity contribution in [1.29, 1.82) is 0 Å². The van der Waals surface area contributed by atoms with Crippen LogP contribution in [0.15, 0.2) is 18.2 Å². The van der Waals surface area contributed by atoms with Crippen molar-refractivity contribution >= 4 is 5.69 Å². The number of hydrogen-bond donors (Lipinski definition) is 1. The number of hydrogen-bond acceptors (Lipinski definition) is 2. The highest BCUT2D eigenvalue weighted by Gasteiger charge is 2.30. The SMILES string of the molecule is CC1(Oc2ccc3c(c2)NCC3)CCCC1. The van der Waals surface area contributed by atoms with E-state index >= 15 is 0 Å². The Kier molecular flexibility index (Phi) is 2.31. The predicted octanol–water partition coefficient (Wildman–Crippen LogP) is 3.37. The van der Waals surface area contributed by atoms with Crippen molar-refractivity contribution in [1.82, 2.24) is 0 Å². The van der Waals surface area contributed by atoms with Crippen molar-refractivity contribution in [3.63, 3.8) is 0 Å². The normalized spacial score (nSPS) is 21.6. The lowest BCUT2D eigenvalue weighted by Gasteiger charge is -2.25. The summed E-state index contributed by atoms with van der Waals surface area (Å²) >= 11 is 0. The first-order valence-corrected chi connectivity index (χ1v) is 6.31. The minimum Gasteiger partial charge on any atom is -0.488 e. The molecule has 0 bridgehead atoms. The van der Waals surface area contributed by atoms with Gasteiger partial charge in [0.2, 0.25) is 0 Å². The molecule has 1 heterocycles. The smallest absolute Gasteiger partial charge is 0.122 e. The Morgan fingerprint density at radius 1 is 1.25 bits per heavy atom. The van der Waals surface area contributed by atoms with Crippen molar-refractivity contribution in [2.75, 3.05) is 11.9 Å². The lowest BCUT2D eigenvalue weighted by atomic mass is 10.1. The lowest BCUT2D eigenvalue weighted by Crippen LogP contribution is -2.27. The van der Waals surface area contributed by atoms with Gasteiger partial charge in [0, 0.05) is 18.3 Å². The number of anilines is 1. The van der Waals surface area contributed by atoms with Crippen LogP contribution in [0.4, 0.5) is 5.69 Å². The van der Waals surface area contributed by atoms with E-state index in [0.717, 1.165) is 18.7 Å². The maximum Gasteiger partial charge on any atom is 0.122 e. The first-order chi connectivity index (χ1) is 7.75. The molecule has 2 heteroatoms. The van der Waals surface area contributed by atoms with Crippen LogP contribution >= 0.6 is 0 Å². The summed E-state index contributed by atoms with van der Waals surface area (Å²) < 4.78 is 6.15. The fraction of sp³-hybridized carbons (Fsp3) is 0.571. The number of benzene rings is 1. The molecule has 1 N–H and O–H groups in total. The van der Waals surface area contributed by atoms with Crippen LogP contribution in [0.1, 0.15) is 38.2 Å². The maximum absolute atomic E-state index is 6.15. The Balaban J connectivity index is 1.80. The third-order valence-electron chi connectivity index (χ3n) is 3.82. The van der Waals surface area contributed by atoms with E-state index in [1.165, 1.54) is 36.9 Å². The number of ether oxygens (including phenoxy) is 1. The van der Waals surface area contributed by atoms with E-state index in [1.54, 1.807) is 0 Å². The van der Waals surface area contributed by atoms with Crippen molar-refractivity contribution < 1.29 is 4.74 Å². The highest BCUT2D eigenvalue weighted by Crippen LogP contribution is 2.35. The van der Waals surface area contributed by atoms with E-state index in [2.05, 4.69) is 30.4 Å². The number of rotatable bonds is 2. The minimum absolute atomic E-state index is 0.0762. The largest absolute Gasteiger partial charge is 0.488 e. The molecule has 0 atom stereocenters. The molecule has 0 radical (unpaired) electrons. The Morgan fingerprint density at radius 3 is 2.88 bits per heavy atom. The van der Waals surface area contributed by atoms with Gasteiger partial charge in [-0.05, 0) is 50.7 Å². The van der Waals surface area contributed by atoms with Crippen LogP contribution in [0, 0.1) is 0 Å². The molecule has 1 saturated carbocycles. The number of nitrogens with one attached hydrogen (secondary N) is 1. The second-order valence-corrected chi connectivity index (χ2v) is 5.25. The van der Waals surface area contributed by atoms with Crippen LogP contribution in [0.5, 0.6) is 5.75 Å². The second kappa shape index (κ2) is 3.69. The topological polar surface area (TPSA) is 21.3 Å². The van der Waals surface area contributed by atoms with Crippen LogP contribution < -0.4 is 10.1 Å². The van der Waals surface area contributed by atoms with Crippen LogP contribution in [-0.4, -0.2) is 12.1 Å². The predicted molar refractivity (Wildman–Crippen MR) is 66.1 cm³/mol. The van der Waals surface area contributed by atoms with Crippen molar-refractivity contribution in [2.24, 2.45) is 0 Å². The molecule has 0 aromatic heterocycles. The molecule has 16 heavy (non-hydrogen) atoms. The number of fused-ring (bicyclic) bond motifs is 1. The van der Waals surface area contributed by atoms with Crippen molar-refractivity contribution in [3.8, 4) is 5.75 Å². The summed E-state index contributed by atoms with van der Waals surface area (Å²) in [5.74, 6) is 1.03. The summed E-state index contributed by atoms with van der Waals surface area (Å²) in [7, 11) is 0. The Morgan fingerprint density at radius 2 is 2.06 bits per heavy atom. The molecule has 2 nitrogen and oxygen atoms in total. The lowest BCUT2D eigenvalue weighted by molar-refractivity contribution is 0.0969. The molecule has 1 aromatic carbocycles. The van der Waals surface area contributed by atoms with E-state index in [0.29, 0.717) is 0 Å². The zero-order valence-corrected chi connectivity index (χ0v) is 9.88. The maximum atomic E-state index is 6.15. The molecular formula is C14H19NO. The van der Waals surface area contributed by atoms with Gasteiger partial charge >= 0.3 is 0 Å². The standard InChI is InChI=1S/C14H19NO/c1-14(7-2-3-8-14)16-12-5-4-11-6-9-15-13(11)10-12/h4-5,10,15H,2-3,6-9H2,1H3. The molecule has 1 aliphatic heterocycles. The van der Waals surface area contributed by atoms with Gasteiger partial charge in [-0.1, -0.05) is 6.07 Å². The molecule has 1 aromatic rings. The highest BCUT2D eigenvalue weighted by molar-refractivity contribution is 5.58. The summed E-state index contributed by atoms with van der Waals surface area (Å²) in [6.07, 6.45) is 6.14. The van der Waals surface area contributed by atoms with E-state index in [-0.39, 0.29) is 5.60 Å². The molecular weight excluding hydrogens is 198 g/mol. The molecule has 0 unspecified atom stereocenters. The molecule has 1 aliphatic carbocycles. The van der Waals surface area contributed by atoms with E-state index in [4.69, 9.17) is 4.74 Å². The van der Waals surface area contributed by atoms with E-state index in [9.17, 15) is 0 Å². The van der Waals surface area contributed by atoms with Crippen LogP contribution in [0.25, 0.3) is 0 Å². The van der Waals surface area contributed by atoms with E-state index < -0.39 is 0 Å². The molecule has 0 saturated heterocycles. The molecule has 1 fully saturated rings. The fourth-order valence-electron chi connectivity index (χ4n) is 2.84. The van der Waals surface area contributed by atoms with Crippen molar-refractivity contribution in [2.45, 2.75) is 44.6 Å².